The molecule has 0 spiro atoms. The molecule has 0 bridgehead atoms. The van der Waals surface area contributed by atoms with E-state index in [0.29, 0.717) is 11.8 Å². The number of rotatable bonds is 3. The van der Waals surface area contributed by atoms with Gasteiger partial charge in [0.1, 0.15) is 0 Å². The Bertz CT molecular complexity index is 267. The number of carbonyl (C=O) groups is 1. The van der Waals surface area contributed by atoms with Crippen molar-refractivity contribution in [2.75, 3.05) is 0 Å². The molecule has 0 aromatic rings. The van der Waals surface area contributed by atoms with Crippen LogP contribution in [0.25, 0.3) is 0 Å². The number of nitrogens with two attached hydrogens (primary N) is 2. The monoisotopic (exact) mass is 268 g/mol. The van der Waals surface area contributed by atoms with Gasteiger partial charge in [0.05, 0.1) is 6.04 Å². The summed E-state index contributed by atoms with van der Waals surface area (Å²) in [4.78, 5) is 11.8. The van der Waals surface area contributed by atoms with E-state index in [1.807, 2.05) is 0 Å². The van der Waals surface area contributed by atoms with Crippen LogP contribution >= 0.6 is 0 Å². The third-order valence-electron chi connectivity index (χ3n) is 4.94. The van der Waals surface area contributed by atoms with Gasteiger partial charge in [0.2, 0.25) is 0 Å². The van der Waals surface area contributed by atoms with Crippen molar-refractivity contribution >= 4 is 6.03 Å². The Kier molecular flexibility index (Phi) is 5.45. The first kappa shape index (κ1) is 14.6. The average Bonchev–Trinajstić information content (AvgIpc) is 2.49. The summed E-state index contributed by atoms with van der Waals surface area (Å²) in [6.07, 6.45) is 12.5. The van der Waals surface area contributed by atoms with E-state index in [2.05, 4.69) is 5.43 Å². The Balaban J connectivity index is 2.08. The Morgan fingerprint density at radius 1 is 0.947 bits per heavy atom. The van der Waals surface area contributed by atoms with Gasteiger partial charge >= 0.3 is 6.03 Å². The van der Waals surface area contributed by atoms with E-state index in [1.165, 1.54) is 69.2 Å². The molecule has 2 rings (SSSR count). The minimum atomic E-state index is -0.346. The summed E-state index contributed by atoms with van der Waals surface area (Å²) < 4.78 is 0. The lowest BCUT2D eigenvalue weighted by atomic mass is 9.73. The number of hydrogen-bond acceptors (Lipinski definition) is 3. The van der Waals surface area contributed by atoms with Gasteiger partial charge in [0, 0.05) is 0 Å². The van der Waals surface area contributed by atoms with Crippen molar-refractivity contribution in [1.29, 1.82) is 0 Å². The highest BCUT2D eigenvalue weighted by atomic mass is 16.2. The van der Waals surface area contributed by atoms with Crippen LogP contribution in [0.4, 0.5) is 4.79 Å². The fourth-order valence-corrected chi connectivity index (χ4v) is 4.00. The molecule has 0 heterocycles. The van der Waals surface area contributed by atoms with E-state index in [1.54, 1.807) is 0 Å². The zero-order chi connectivity index (χ0) is 13.7. The number of amides is 2. The topological polar surface area (TPSA) is 84.4 Å². The molecule has 0 saturated heterocycles. The molecule has 0 aliphatic heterocycles. The highest BCUT2D eigenvalue weighted by molar-refractivity contribution is 5.73. The molecule has 2 aliphatic rings. The van der Waals surface area contributed by atoms with Crippen molar-refractivity contribution in [3.8, 4) is 0 Å². The Morgan fingerprint density at radius 3 is 1.74 bits per heavy atom. The molecular formula is C14H28N4O. The standard InChI is InChI=1S/C14H28N4O/c15-17-14(19)18(16)13(11-7-3-1-4-8-11)12-9-5-2-6-10-12/h11-13H,1-10,15-16H2,(H,17,19). The molecule has 5 heteroatoms. The molecule has 0 radical (unpaired) electrons. The lowest BCUT2D eigenvalue weighted by Crippen LogP contribution is -2.57. The molecule has 0 aromatic carbocycles. The van der Waals surface area contributed by atoms with E-state index >= 15 is 0 Å². The third kappa shape index (κ3) is 3.60. The lowest BCUT2D eigenvalue weighted by Gasteiger charge is -2.42. The van der Waals surface area contributed by atoms with Crippen molar-refractivity contribution < 1.29 is 4.79 Å². The first-order chi connectivity index (χ1) is 9.24. The van der Waals surface area contributed by atoms with E-state index in [-0.39, 0.29) is 12.1 Å². The summed E-state index contributed by atoms with van der Waals surface area (Å²) in [5.41, 5.74) is 2.19. The molecule has 0 aromatic heterocycles. The number of hydrazine groups is 2. The average molecular weight is 268 g/mol. The molecule has 5 N–H and O–H groups in total. The number of hydrogen-bond donors (Lipinski definition) is 3. The largest absolute Gasteiger partial charge is 0.345 e. The van der Waals surface area contributed by atoms with Gasteiger partial charge in [0.25, 0.3) is 0 Å². The summed E-state index contributed by atoms with van der Waals surface area (Å²) in [5, 5.41) is 1.39. The summed E-state index contributed by atoms with van der Waals surface area (Å²) in [5.74, 6) is 12.4. The van der Waals surface area contributed by atoms with Crippen molar-refractivity contribution in [2.45, 2.75) is 70.3 Å². The van der Waals surface area contributed by atoms with Gasteiger partial charge in [-0.25, -0.2) is 16.5 Å². The molecule has 110 valence electrons. The minimum absolute atomic E-state index is 0.171. The van der Waals surface area contributed by atoms with E-state index < -0.39 is 0 Å². The summed E-state index contributed by atoms with van der Waals surface area (Å²) in [6.45, 7) is 0. The fourth-order valence-electron chi connectivity index (χ4n) is 4.00. The number of nitrogens with one attached hydrogen (secondary N) is 1. The maximum atomic E-state index is 11.8. The Labute approximate surface area is 116 Å². The van der Waals surface area contributed by atoms with Crippen LogP contribution in [-0.2, 0) is 0 Å². The summed E-state index contributed by atoms with van der Waals surface area (Å²) >= 11 is 0. The van der Waals surface area contributed by atoms with Crippen LogP contribution in [0.5, 0.6) is 0 Å². The van der Waals surface area contributed by atoms with Crippen LogP contribution in [0.2, 0.25) is 0 Å². The van der Waals surface area contributed by atoms with E-state index in [0.717, 1.165) is 0 Å². The Morgan fingerprint density at radius 2 is 1.37 bits per heavy atom. The van der Waals surface area contributed by atoms with Crippen LogP contribution in [-0.4, -0.2) is 17.1 Å². The van der Waals surface area contributed by atoms with Crippen molar-refractivity contribution in [2.24, 2.45) is 23.5 Å². The normalized spacial score (nSPS) is 22.5. The summed E-state index contributed by atoms with van der Waals surface area (Å²) in [7, 11) is 0. The van der Waals surface area contributed by atoms with Gasteiger partial charge in [-0.15, -0.1) is 0 Å². The van der Waals surface area contributed by atoms with Gasteiger partial charge in [0.15, 0.2) is 0 Å². The number of nitrogens with zero attached hydrogens (tertiary/aromatic N) is 1. The molecule has 2 fully saturated rings. The first-order valence-electron chi connectivity index (χ1n) is 7.78. The van der Waals surface area contributed by atoms with Gasteiger partial charge in [-0.1, -0.05) is 38.5 Å². The van der Waals surface area contributed by atoms with E-state index in [9.17, 15) is 4.79 Å². The second kappa shape index (κ2) is 7.10. The summed E-state index contributed by atoms with van der Waals surface area (Å²) in [6, 6.07) is -0.176. The molecule has 0 atom stereocenters. The van der Waals surface area contributed by atoms with Crippen LogP contribution in [0, 0.1) is 11.8 Å². The number of carbonyl (C=O) groups excluding carboxylic acids is 1. The zero-order valence-corrected chi connectivity index (χ0v) is 11.8. The second-order valence-electron chi connectivity index (χ2n) is 6.14. The first-order valence-corrected chi connectivity index (χ1v) is 7.78. The van der Waals surface area contributed by atoms with Crippen molar-refractivity contribution in [1.82, 2.24) is 10.4 Å². The van der Waals surface area contributed by atoms with Gasteiger partial charge in [-0.05, 0) is 37.5 Å². The van der Waals surface area contributed by atoms with Gasteiger partial charge in [-0.3, -0.25) is 10.4 Å². The van der Waals surface area contributed by atoms with Crippen LogP contribution in [0.1, 0.15) is 64.2 Å². The highest BCUT2D eigenvalue weighted by Crippen LogP contribution is 2.37. The van der Waals surface area contributed by atoms with Crippen LogP contribution in [0.3, 0.4) is 0 Å². The van der Waals surface area contributed by atoms with E-state index in [4.69, 9.17) is 11.7 Å². The maximum absolute atomic E-state index is 11.8. The quantitative estimate of drug-likeness (QED) is 0.417. The van der Waals surface area contributed by atoms with Crippen molar-refractivity contribution in [3.63, 3.8) is 0 Å². The Hall–Kier alpha value is -0.810. The second-order valence-corrected chi connectivity index (χ2v) is 6.14. The molecular weight excluding hydrogens is 240 g/mol. The molecule has 2 saturated carbocycles. The molecule has 2 aliphatic carbocycles. The van der Waals surface area contributed by atoms with Crippen LogP contribution < -0.4 is 17.1 Å². The zero-order valence-electron chi connectivity index (χ0n) is 11.8. The third-order valence-corrected chi connectivity index (χ3v) is 4.94. The fraction of sp³-hybridized carbons (Fsp3) is 0.929. The lowest BCUT2D eigenvalue weighted by molar-refractivity contribution is 0.0749. The SMILES string of the molecule is NNC(=O)N(N)C(C1CCCCC1)C1CCCCC1. The smallest absolute Gasteiger partial charge is 0.275 e. The minimum Gasteiger partial charge on any atom is -0.275 e. The van der Waals surface area contributed by atoms with Crippen LogP contribution in [0.15, 0.2) is 0 Å². The molecule has 19 heavy (non-hydrogen) atoms. The molecule has 0 unspecified atom stereocenters. The predicted molar refractivity (Wildman–Crippen MR) is 75.7 cm³/mol. The van der Waals surface area contributed by atoms with Gasteiger partial charge < -0.3 is 0 Å². The van der Waals surface area contributed by atoms with Gasteiger partial charge in [-0.2, -0.15) is 0 Å². The highest BCUT2D eigenvalue weighted by Gasteiger charge is 2.36. The predicted octanol–water partition coefficient (Wildman–Crippen LogP) is 2.27. The molecule has 2 amide bonds. The number of urea groups is 1. The maximum Gasteiger partial charge on any atom is 0.345 e. The van der Waals surface area contributed by atoms with Crippen molar-refractivity contribution in [3.05, 3.63) is 0 Å². The molecule has 5 nitrogen and oxygen atoms in total.